The first-order chi connectivity index (χ1) is 13.2. The van der Waals surface area contributed by atoms with Crippen LogP contribution in [0.5, 0.6) is 0 Å². The van der Waals surface area contributed by atoms with E-state index < -0.39 is 0 Å². The minimum Gasteiger partial charge on any atom is -0.347 e. The third-order valence-corrected chi connectivity index (χ3v) is 6.04. The van der Waals surface area contributed by atoms with Crippen LogP contribution in [0, 0.1) is 11.8 Å². The Kier molecular flexibility index (Phi) is 5.39. The molecule has 0 radical (unpaired) electrons. The van der Waals surface area contributed by atoms with E-state index >= 15 is 0 Å². The van der Waals surface area contributed by atoms with Crippen molar-refractivity contribution < 1.29 is 9.59 Å². The molecule has 5 heteroatoms. The summed E-state index contributed by atoms with van der Waals surface area (Å²) in [7, 11) is 0. The van der Waals surface area contributed by atoms with Crippen molar-refractivity contribution in [3.05, 3.63) is 48.0 Å². The number of carbonyl (C=O) groups is 2. The molecule has 5 nitrogen and oxygen atoms in total. The molecule has 142 valence electrons. The largest absolute Gasteiger partial charge is 0.347 e. The van der Waals surface area contributed by atoms with Crippen LogP contribution < -0.4 is 10.6 Å². The van der Waals surface area contributed by atoms with Crippen LogP contribution in [0.2, 0.25) is 0 Å². The second kappa shape index (κ2) is 8.09. The number of carbonyl (C=O) groups excluding carboxylic acids is 2. The fraction of sp³-hybridized carbons (Fsp3) is 0.455. The summed E-state index contributed by atoms with van der Waals surface area (Å²) in [5.41, 5.74) is 0.994. The Balaban J connectivity index is 1.30. The Bertz CT molecular complexity index is 816. The molecule has 2 heterocycles. The maximum atomic E-state index is 12.5. The molecule has 2 aromatic carbocycles. The van der Waals surface area contributed by atoms with Gasteiger partial charge in [-0.1, -0.05) is 42.5 Å². The molecule has 0 aromatic heterocycles. The first-order valence-corrected chi connectivity index (χ1v) is 9.92. The summed E-state index contributed by atoms with van der Waals surface area (Å²) in [4.78, 5) is 26.8. The highest BCUT2D eigenvalue weighted by atomic mass is 16.2. The number of benzene rings is 2. The summed E-state index contributed by atoms with van der Waals surface area (Å²) < 4.78 is 0. The quantitative estimate of drug-likeness (QED) is 0.871. The van der Waals surface area contributed by atoms with E-state index in [9.17, 15) is 9.59 Å². The van der Waals surface area contributed by atoms with E-state index in [1.165, 1.54) is 0 Å². The predicted octanol–water partition coefficient (Wildman–Crippen LogP) is 1.96. The molecule has 0 saturated carbocycles. The van der Waals surface area contributed by atoms with Crippen LogP contribution in [0.1, 0.15) is 18.4 Å². The fourth-order valence-electron chi connectivity index (χ4n) is 4.44. The van der Waals surface area contributed by atoms with Crippen LogP contribution in [0.3, 0.4) is 0 Å². The molecule has 2 amide bonds. The summed E-state index contributed by atoms with van der Waals surface area (Å²) >= 11 is 0. The van der Waals surface area contributed by atoms with Crippen LogP contribution in [-0.2, 0) is 16.0 Å². The number of hydrogen-bond donors (Lipinski definition) is 2. The predicted molar refractivity (Wildman–Crippen MR) is 106 cm³/mol. The molecule has 2 N–H and O–H groups in total. The molecular weight excluding hydrogens is 338 g/mol. The molecular formula is C22H27N3O2. The van der Waals surface area contributed by atoms with E-state index in [4.69, 9.17) is 0 Å². The number of hydrogen-bond acceptors (Lipinski definition) is 3. The van der Waals surface area contributed by atoms with Gasteiger partial charge < -0.3 is 15.5 Å². The van der Waals surface area contributed by atoms with Gasteiger partial charge in [-0.3, -0.25) is 9.59 Å². The van der Waals surface area contributed by atoms with Crippen molar-refractivity contribution in [2.75, 3.05) is 32.7 Å². The van der Waals surface area contributed by atoms with Crippen molar-refractivity contribution in [1.82, 2.24) is 15.5 Å². The lowest BCUT2D eigenvalue weighted by molar-refractivity contribution is -0.132. The maximum Gasteiger partial charge on any atom is 0.241 e. The van der Waals surface area contributed by atoms with Gasteiger partial charge in [0.15, 0.2) is 0 Å². The summed E-state index contributed by atoms with van der Waals surface area (Å²) in [6.45, 7) is 3.86. The summed E-state index contributed by atoms with van der Waals surface area (Å²) in [5, 5.41) is 8.49. The van der Waals surface area contributed by atoms with Gasteiger partial charge in [0.05, 0.1) is 13.0 Å². The number of nitrogens with one attached hydrogen (secondary N) is 2. The second-order valence-corrected chi connectivity index (χ2v) is 7.73. The molecule has 0 unspecified atom stereocenters. The zero-order valence-electron chi connectivity index (χ0n) is 15.6. The first kappa shape index (κ1) is 18.0. The van der Waals surface area contributed by atoms with Crippen LogP contribution in [-0.4, -0.2) is 49.4 Å². The number of fused-ring (bicyclic) bond motifs is 2. The van der Waals surface area contributed by atoms with Gasteiger partial charge in [0.1, 0.15) is 0 Å². The van der Waals surface area contributed by atoms with Crippen LogP contribution in [0.4, 0.5) is 0 Å². The van der Waals surface area contributed by atoms with Crippen molar-refractivity contribution in [3.8, 4) is 0 Å². The highest BCUT2D eigenvalue weighted by Gasteiger charge is 2.31. The number of amides is 2. The molecule has 0 aliphatic carbocycles. The number of rotatable bonds is 4. The van der Waals surface area contributed by atoms with Crippen molar-refractivity contribution in [3.63, 3.8) is 0 Å². The molecule has 2 saturated heterocycles. The third kappa shape index (κ3) is 4.14. The van der Waals surface area contributed by atoms with E-state index in [1.54, 1.807) is 0 Å². The van der Waals surface area contributed by atoms with Crippen molar-refractivity contribution in [2.24, 2.45) is 11.8 Å². The standard InChI is InChI=1S/C22H27N3O2/c26-21(12-17-6-3-5-16-4-1-2-7-20(16)17)24-15-22(27)25-10-8-18-13-23-14-19(18)9-11-25/h1-7,18-19,23H,8-15H2,(H,24,26)/t18-,19+. The van der Waals surface area contributed by atoms with Gasteiger partial charge in [0.25, 0.3) is 0 Å². The Morgan fingerprint density at radius 1 is 1.00 bits per heavy atom. The zero-order chi connectivity index (χ0) is 18.6. The van der Waals surface area contributed by atoms with Gasteiger partial charge in [0.2, 0.25) is 11.8 Å². The highest BCUT2D eigenvalue weighted by Crippen LogP contribution is 2.27. The van der Waals surface area contributed by atoms with Crippen molar-refractivity contribution >= 4 is 22.6 Å². The van der Waals surface area contributed by atoms with Gasteiger partial charge in [-0.05, 0) is 54.1 Å². The van der Waals surface area contributed by atoms with E-state index in [-0.39, 0.29) is 18.4 Å². The Labute approximate surface area is 160 Å². The molecule has 0 bridgehead atoms. The Morgan fingerprint density at radius 2 is 1.70 bits per heavy atom. The van der Waals surface area contributed by atoms with Crippen LogP contribution >= 0.6 is 0 Å². The highest BCUT2D eigenvalue weighted by molar-refractivity contribution is 5.91. The SMILES string of the molecule is O=C(Cc1cccc2ccccc12)NCC(=O)N1CC[C@@H]2CNC[C@@H]2CC1. The van der Waals surface area contributed by atoms with E-state index in [2.05, 4.69) is 10.6 Å². The fourth-order valence-corrected chi connectivity index (χ4v) is 4.44. The average Bonchev–Trinajstić information content (AvgIpc) is 3.04. The summed E-state index contributed by atoms with van der Waals surface area (Å²) in [5.74, 6) is 1.33. The molecule has 27 heavy (non-hydrogen) atoms. The van der Waals surface area contributed by atoms with Crippen LogP contribution in [0.25, 0.3) is 10.8 Å². The molecule has 2 atom stereocenters. The number of nitrogens with zero attached hydrogens (tertiary/aromatic N) is 1. The molecule has 0 spiro atoms. The van der Waals surface area contributed by atoms with Crippen molar-refractivity contribution in [2.45, 2.75) is 19.3 Å². The topological polar surface area (TPSA) is 61.4 Å². The molecule has 4 rings (SSSR count). The smallest absolute Gasteiger partial charge is 0.241 e. The monoisotopic (exact) mass is 365 g/mol. The summed E-state index contributed by atoms with van der Waals surface area (Å²) in [6, 6.07) is 14.1. The Hall–Kier alpha value is -2.40. The van der Waals surface area contributed by atoms with Gasteiger partial charge in [-0.25, -0.2) is 0 Å². The normalized spacial score (nSPS) is 22.3. The number of likely N-dealkylation sites (tertiary alicyclic amines) is 1. The van der Waals surface area contributed by atoms with Gasteiger partial charge >= 0.3 is 0 Å². The van der Waals surface area contributed by atoms with Crippen molar-refractivity contribution in [1.29, 1.82) is 0 Å². The lowest BCUT2D eigenvalue weighted by atomic mass is 9.92. The van der Waals surface area contributed by atoms with E-state index in [0.29, 0.717) is 18.3 Å². The lowest BCUT2D eigenvalue weighted by Gasteiger charge is -2.21. The minimum atomic E-state index is -0.101. The summed E-state index contributed by atoms with van der Waals surface area (Å²) in [6.07, 6.45) is 2.42. The maximum absolute atomic E-state index is 12.5. The van der Waals surface area contributed by atoms with Gasteiger partial charge in [-0.15, -0.1) is 0 Å². The Morgan fingerprint density at radius 3 is 2.48 bits per heavy atom. The average molecular weight is 365 g/mol. The lowest BCUT2D eigenvalue weighted by Crippen LogP contribution is -2.41. The zero-order valence-corrected chi connectivity index (χ0v) is 15.6. The molecule has 2 aliphatic rings. The molecule has 2 fully saturated rings. The van der Waals surface area contributed by atoms with E-state index in [0.717, 1.165) is 55.4 Å². The molecule has 2 aromatic rings. The van der Waals surface area contributed by atoms with Crippen LogP contribution in [0.15, 0.2) is 42.5 Å². The first-order valence-electron chi connectivity index (χ1n) is 9.92. The van der Waals surface area contributed by atoms with Gasteiger partial charge in [-0.2, -0.15) is 0 Å². The second-order valence-electron chi connectivity index (χ2n) is 7.73. The third-order valence-electron chi connectivity index (χ3n) is 6.04. The van der Waals surface area contributed by atoms with E-state index in [1.807, 2.05) is 47.4 Å². The molecule has 2 aliphatic heterocycles. The minimum absolute atomic E-state index is 0.0363. The van der Waals surface area contributed by atoms with Gasteiger partial charge in [0, 0.05) is 13.1 Å².